The Morgan fingerprint density at radius 3 is 2.64 bits per heavy atom. The van der Waals surface area contributed by atoms with Crippen LogP contribution < -0.4 is 16.4 Å². The smallest absolute Gasteiger partial charge is 0.314 e. The first kappa shape index (κ1) is 10.2. The van der Waals surface area contributed by atoms with Gasteiger partial charge in [-0.1, -0.05) is 19.1 Å². The molecule has 0 radical (unpaired) electrons. The van der Waals surface area contributed by atoms with Crippen molar-refractivity contribution in [3.05, 3.63) is 0 Å². The SMILES string of the molecule is CNC(=O)NCC(C)C(N)=S. The lowest BCUT2D eigenvalue weighted by Crippen LogP contribution is -2.38. The zero-order chi connectivity index (χ0) is 8.85. The third-order valence-corrected chi connectivity index (χ3v) is 1.68. The van der Waals surface area contributed by atoms with Crippen LogP contribution in [0.4, 0.5) is 4.79 Å². The first-order valence-corrected chi connectivity index (χ1v) is 3.73. The van der Waals surface area contributed by atoms with Gasteiger partial charge in [0.2, 0.25) is 0 Å². The third-order valence-electron chi connectivity index (χ3n) is 1.28. The molecule has 5 heteroatoms. The first-order chi connectivity index (χ1) is 5.07. The molecule has 1 atom stereocenters. The summed E-state index contributed by atoms with van der Waals surface area (Å²) in [6.07, 6.45) is 0. The summed E-state index contributed by atoms with van der Waals surface area (Å²) in [5.41, 5.74) is 5.32. The Labute approximate surface area is 71.5 Å². The number of urea groups is 1. The molecule has 0 heterocycles. The van der Waals surface area contributed by atoms with E-state index >= 15 is 0 Å². The monoisotopic (exact) mass is 175 g/mol. The molecule has 0 aromatic carbocycles. The second kappa shape index (κ2) is 4.90. The van der Waals surface area contributed by atoms with Crippen LogP contribution in [0.15, 0.2) is 0 Å². The molecule has 0 spiro atoms. The van der Waals surface area contributed by atoms with Crippen LogP contribution in [0.1, 0.15) is 6.92 Å². The Kier molecular flexibility index (Phi) is 4.52. The fourth-order valence-corrected chi connectivity index (χ4v) is 0.518. The summed E-state index contributed by atoms with van der Waals surface area (Å²) in [5.74, 6) is 0.0438. The average Bonchev–Trinajstić information content (AvgIpc) is 1.99. The summed E-state index contributed by atoms with van der Waals surface area (Å²) >= 11 is 4.71. The number of nitrogens with two attached hydrogens (primary N) is 1. The molecule has 11 heavy (non-hydrogen) atoms. The number of thiocarbonyl (C=S) groups is 1. The lowest BCUT2D eigenvalue weighted by Gasteiger charge is -2.09. The molecule has 0 saturated carbocycles. The lowest BCUT2D eigenvalue weighted by atomic mass is 10.2. The van der Waals surface area contributed by atoms with Gasteiger partial charge in [-0.3, -0.25) is 0 Å². The van der Waals surface area contributed by atoms with E-state index in [1.54, 1.807) is 7.05 Å². The minimum absolute atomic E-state index is 0.0438. The quantitative estimate of drug-likeness (QED) is 0.522. The largest absolute Gasteiger partial charge is 0.393 e. The summed E-state index contributed by atoms with van der Waals surface area (Å²) in [6, 6.07) is -0.215. The molecule has 2 amide bonds. The number of amides is 2. The van der Waals surface area contributed by atoms with Gasteiger partial charge < -0.3 is 16.4 Å². The summed E-state index contributed by atoms with van der Waals surface area (Å²) < 4.78 is 0. The Bertz CT molecular complexity index is 160. The van der Waals surface area contributed by atoms with Crippen molar-refractivity contribution in [2.75, 3.05) is 13.6 Å². The van der Waals surface area contributed by atoms with E-state index in [0.29, 0.717) is 11.5 Å². The zero-order valence-electron chi connectivity index (χ0n) is 6.68. The van der Waals surface area contributed by atoms with Gasteiger partial charge in [-0.2, -0.15) is 0 Å². The number of hydrogen-bond donors (Lipinski definition) is 3. The zero-order valence-corrected chi connectivity index (χ0v) is 7.49. The maximum atomic E-state index is 10.6. The normalized spacial score (nSPS) is 11.8. The molecule has 4 N–H and O–H groups in total. The van der Waals surface area contributed by atoms with E-state index in [0.717, 1.165) is 0 Å². The minimum Gasteiger partial charge on any atom is -0.393 e. The highest BCUT2D eigenvalue weighted by molar-refractivity contribution is 7.80. The Balaban J connectivity index is 3.54. The van der Waals surface area contributed by atoms with Crippen molar-refractivity contribution in [3.8, 4) is 0 Å². The number of carbonyl (C=O) groups excluding carboxylic acids is 1. The molecule has 0 aromatic rings. The van der Waals surface area contributed by atoms with Crippen LogP contribution in [0.2, 0.25) is 0 Å². The molecule has 0 aliphatic rings. The molecule has 0 aromatic heterocycles. The molecular weight excluding hydrogens is 162 g/mol. The second-order valence-electron chi connectivity index (χ2n) is 2.26. The number of hydrogen-bond acceptors (Lipinski definition) is 2. The topological polar surface area (TPSA) is 67.2 Å². The van der Waals surface area contributed by atoms with Crippen LogP contribution in [0.5, 0.6) is 0 Å². The van der Waals surface area contributed by atoms with Crippen LogP contribution in [0.25, 0.3) is 0 Å². The van der Waals surface area contributed by atoms with Crippen molar-refractivity contribution >= 4 is 23.2 Å². The molecule has 0 aliphatic carbocycles. The first-order valence-electron chi connectivity index (χ1n) is 3.32. The highest BCUT2D eigenvalue weighted by atomic mass is 32.1. The van der Waals surface area contributed by atoms with Gasteiger partial charge in [0.05, 0.1) is 4.99 Å². The predicted molar refractivity (Wildman–Crippen MR) is 48.4 cm³/mol. The Hall–Kier alpha value is -0.840. The van der Waals surface area contributed by atoms with E-state index in [9.17, 15) is 4.79 Å². The molecule has 0 rings (SSSR count). The molecular formula is C6H13N3OS. The summed E-state index contributed by atoms with van der Waals surface area (Å²) in [5, 5.41) is 5.02. The van der Waals surface area contributed by atoms with Crippen molar-refractivity contribution in [2.45, 2.75) is 6.92 Å². The van der Waals surface area contributed by atoms with Crippen molar-refractivity contribution in [2.24, 2.45) is 11.7 Å². The maximum Gasteiger partial charge on any atom is 0.314 e. The summed E-state index contributed by atoms with van der Waals surface area (Å²) in [6.45, 7) is 2.34. The minimum atomic E-state index is -0.215. The standard InChI is InChI=1S/C6H13N3OS/c1-4(5(7)11)3-9-6(10)8-2/h4H,3H2,1-2H3,(H2,7,11)(H2,8,9,10). The van der Waals surface area contributed by atoms with Gasteiger partial charge in [-0.25, -0.2) is 4.79 Å². The van der Waals surface area contributed by atoms with Crippen LogP contribution in [0, 0.1) is 5.92 Å². The molecule has 4 nitrogen and oxygen atoms in total. The van der Waals surface area contributed by atoms with E-state index < -0.39 is 0 Å². The van der Waals surface area contributed by atoms with Crippen LogP contribution in [-0.4, -0.2) is 24.6 Å². The van der Waals surface area contributed by atoms with Gasteiger partial charge >= 0.3 is 6.03 Å². The Morgan fingerprint density at radius 2 is 2.27 bits per heavy atom. The highest BCUT2D eigenvalue weighted by Gasteiger charge is 2.05. The van der Waals surface area contributed by atoms with E-state index in [-0.39, 0.29) is 11.9 Å². The van der Waals surface area contributed by atoms with Gasteiger partial charge in [0.1, 0.15) is 0 Å². The van der Waals surface area contributed by atoms with Crippen molar-refractivity contribution in [1.82, 2.24) is 10.6 Å². The maximum absolute atomic E-state index is 10.6. The van der Waals surface area contributed by atoms with E-state index in [2.05, 4.69) is 10.6 Å². The molecule has 0 bridgehead atoms. The Morgan fingerprint density at radius 1 is 1.73 bits per heavy atom. The van der Waals surface area contributed by atoms with Crippen LogP contribution in [0.3, 0.4) is 0 Å². The van der Waals surface area contributed by atoms with Crippen molar-refractivity contribution < 1.29 is 4.79 Å². The summed E-state index contributed by atoms with van der Waals surface area (Å²) in [4.78, 5) is 11.1. The number of rotatable bonds is 3. The number of nitrogens with one attached hydrogen (secondary N) is 2. The van der Waals surface area contributed by atoms with Crippen molar-refractivity contribution in [3.63, 3.8) is 0 Å². The molecule has 64 valence electrons. The molecule has 0 aliphatic heterocycles. The van der Waals surface area contributed by atoms with Crippen LogP contribution in [-0.2, 0) is 0 Å². The lowest BCUT2D eigenvalue weighted by molar-refractivity contribution is 0.242. The third kappa shape index (κ3) is 4.55. The summed E-state index contributed by atoms with van der Waals surface area (Å²) in [7, 11) is 1.56. The van der Waals surface area contributed by atoms with Crippen LogP contribution >= 0.6 is 12.2 Å². The average molecular weight is 175 g/mol. The van der Waals surface area contributed by atoms with Crippen molar-refractivity contribution in [1.29, 1.82) is 0 Å². The van der Waals surface area contributed by atoms with Gasteiger partial charge in [-0.15, -0.1) is 0 Å². The molecule has 1 unspecified atom stereocenters. The fourth-order valence-electron chi connectivity index (χ4n) is 0.435. The number of carbonyl (C=O) groups is 1. The predicted octanol–water partition coefficient (Wildman–Crippen LogP) is -0.162. The van der Waals surface area contributed by atoms with E-state index in [1.165, 1.54) is 0 Å². The fraction of sp³-hybridized carbons (Fsp3) is 0.667. The van der Waals surface area contributed by atoms with Gasteiger partial charge in [-0.05, 0) is 0 Å². The van der Waals surface area contributed by atoms with E-state index in [4.69, 9.17) is 18.0 Å². The van der Waals surface area contributed by atoms with Gasteiger partial charge in [0.25, 0.3) is 0 Å². The van der Waals surface area contributed by atoms with E-state index in [1.807, 2.05) is 6.92 Å². The van der Waals surface area contributed by atoms with Gasteiger partial charge in [0.15, 0.2) is 0 Å². The highest BCUT2D eigenvalue weighted by Crippen LogP contribution is 1.91. The molecule has 0 saturated heterocycles. The molecule has 0 fully saturated rings. The van der Waals surface area contributed by atoms with Gasteiger partial charge in [0, 0.05) is 19.5 Å². The second-order valence-corrected chi connectivity index (χ2v) is 2.73.